The maximum absolute atomic E-state index is 11.2. The van der Waals surface area contributed by atoms with Crippen LogP contribution in [0, 0.1) is 0 Å². The van der Waals surface area contributed by atoms with E-state index in [1.165, 1.54) is 13.3 Å². The van der Waals surface area contributed by atoms with E-state index < -0.39 is 0 Å². The van der Waals surface area contributed by atoms with Crippen LogP contribution in [0.5, 0.6) is 0 Å². The largest absolute Gasteiger partial charge is 0.378 e. The minimum Gasteiger partial charge on any atom is -0.378 e. The molecule has 32 heavy (non-hydrogen) atoms. The second kappa shape index (κ2) is 8.60. The molecule has 0 atom stereocenters. The Labute approximate surface area is 184 Å². The van der Waals surface area contributed by atoms with Gasteiger partial charge >= 0.3 is 0 Å². The molecule has 10 nitrogen and oxygen atoms in total. The number of H-pyrrole nitrogens is 1. The Balaban J connectivity index is 1.37. The highest BCUT2D eigenvalue weighted by molar-refractivity contribution is 5.90. The van der Waals surface area contributed by atoms with Crippen LogP contribution in [0.2, 0.25) is 0 Å². The summed E-state index contributed by atoms with van der Waals surface area (Å²) in [6.07, 6.45) is 3.28. The Morgan fingerprint density at radius 1 is 1.03 bits per heavy atom. The molecule has 1 aromatic carbocycles. The van der Waals surface area contributed by atoms with Crippen molar-refractivity contribution in [2.75, 3.05) is 41.8 Å². The van der Waals surface area contributed by atoms with Crippen LogP contribution in [0.1, 0.15) is 6.92 Å². The van der Waals surface area contributed by atoms with Crippen LogP contribution >= 0.6 is 0 Å². The number of nitrogens with zero attached hydrogens (tertiary/aromatic N) is 5. The number of benzene rings is 1. The maximum Gasteiger partial charge on any atom is 0.221 e. The summed E-state index contributed by atoms with van der Waals surface area (Å²) in [6.45, 7) is 4.60. The van der Waals surface area contributed by atoms with Crippen LogP contribution in [0.3, 0.4) is 0 Å². The minimum absolute atomic E-state index is 0.110. The normalized spacial score (nSPS) is 13.8. The predicted octanol–water partition coefficient (Wildman–Crippen LogP) is 2.95. The zero-order chi connectivity index (χ0) is 21.9. The molecular formula is C22H22N8O2. The van der Waals surface area contributed by atoms with Crippen LogP contribution in [-0.4, -0.2) is 57.1 Å². The minimum atomic E-state index is -0.110. The highest BCUT2D eigenvalue weighted by Crippen LogP contribution is 2.26. The summed E-state index contributed by atoms with van der Waals surface area (Å²) in [4.78, 5) is 34.5. The fourth-order valence-electron chi connectivity index (χ4n) is 3.54. The van der Waals surface area contributed by atoms with Gasteiger partial charge in [0.1, 0.15) is 23.5 Å². The van der Waals surface area contributed by atoms with Gasteiger partial charge in [-0.1, -0.05) is 0 Å². The lowest BCUT2D eigenvalue weighted by Crippen LogP contribution is -2.36. The first-order valence-corrected chi connectivity index (χ1v) is 10.3. The van der Waals surface area contributed by atoms with Crippen LogP contribution in [0.4, 0.5) is 23.0 Å². The van der Waals surface area contributed by atoms with Gasteiger partial charge in [0.05, 0.1) is 13.2 Å². The number of carbonyl (C=O) groups is 1. The number of rotatable bonds is 5. The number of hydrogen-bond acceptors (Lipinski definition) is 8. The molecule has 4 aromatic rings. The number of hydrogen-bond donors (Lipinski definition) is 3. The van der Waals surface area contributed by atoms with Crippen molar-refractivity contribution >= 4 is 40.1 Å². The van der Waals surface area contributed by atoms with Crippen molar-refractivity contribution in [1.82, 2.24) is 24.9 Å². The number of morpholine rings is 1. The number of carbonyl (C=O) groups excluding carboxylic acids is 1. The number of pyridine rings is 1. The van der Waals surface area contributed by atoms with Crippen molar-refractivity contribution in [2.24, 2.45) is 0 Å². The highest BCUT2D eigenvalue weighted by atomic mass is 16.5. The Morgan fingerprint density at radius 2 is 1.81 bits per heavy atom. The molecule has 4 heterocycles. The van der Waals surface area contributed by atoms with Gasteiger partial charge in [0.25, 0.3) is 0 Å². The number of ether oxygens (including phenoxy) is 1. The molecule has 1 amide bonds. The Bertz CT molecular complexity index is 1230. The highest BCUT2D eigenvalue weighted by Gasteiger charge is 2.15. The van der Waals surface area contributed by atoms with Gasteiger partial charge in [-0.05, 0) is 36.4 Å². The van der Waals surface area contributed by atoms with E-state index in [1.54, 1.807) is 0 Å². The molecule has 10 heteroatoms. The van der Waals surface area contributed by atoms with Crippen LogP contribution in [0.15, 0.2) is 48.9 Å². The molecule has 162 valence electrons. The summed E-state index contributed by atoms with van der Waals surface area (Å²) >= 11 is 0. The van der Waals surface area contributed by atoms with Gasteiger partial charge < -0.3 is 25.3 Å². The van der Waals surface area contributed by atoms with Gasteiger partial charge in [0.15, 0.2) is 11.5 Å². The first-order valence-electron chi connectivity index (χ1n) is 10.3. The van der Waals surface area contributed by atoms with Gasteiger partial charge in [0.2, 0.25) is 5.91 Å². The van der Waals surface area contributed by atoms with E-state index in [1.807, 2.05) is 42.6 Å². The van der Waals surface area contributed by atoms with E-state index in [2.05, 4.69) is 40.5 Å². The summed E-state index contributed by atoms with van der Waals surface area (Å²) < 4.78 is 5.40. The molecule has 0 spiro atoms. The zero-order valence-corrected chi connectivity index (χ0v) is 17.5. The van der Waals surface area contributed by atoms with Crippen LogP contribution in [0.25, 0.3) is 22.6 Å². The third-order valence-electron chi connectivity index (χ3n) is 5.11. The lowest BCUT2D eigenvalue weighted by Gasteiger charge is -2.27. The first-order chi connectivity index (χ1) is 15.7. The average molecular weight is 430 g/mol. The second-order valence-electron chi connectivity index (χ2n) is 7.39. The number of imidazole rings is 1. The molecular weight excluding hydrogens is 408 g/mol. The van der Waals surface area contributed by atoms with Gasteiger partial charge in [-0.2, -0.15) is 0 Å². The molecule has 1 saturated heterocycles. The third-order valence-corrected chi connectivity index (χ3v) is 5.11. The second-order valence-corrected chi connectivity index (χ2v) is 7.39. The molecule has 1 fully saturated rings. The number of aromatic nitrogens is 5. The summed E-state index contributed by atoms with van der Waals surface area (Å²) in [5, 5.41) is 6.02. The van der Waals surface area contributed by atoms with Crippen molar-refractivity contribution in [2.45, 2.75) is 6.92 Å². The van der Waals surface area contributed by atoms with E-state index in [0.29, 0.717) is 22.8 Å². The van der Waals surface area contributed by atoms with Gasteiger partial charge in [0, 0.05) is 43.1 Å². The molecule has 0 bridgehead atoms. The Hall–Kier alpha value is -4.05. The number of fused-ring (bicyclic) bond motifs is 1. The van der Waals surface area contributed by atoms with Gasteiger partial charge in [-0.15, -0.1) is 0 Å². The molecule has 0 aliphatic carbocycles. The average Bonchev–Trinajstić information content (AvgIpc) is 3.26. The summed E-state index contributed by atoms with van der Waals surface area (Å²) in [6, 6.07) is 11.4. The topological polar surface area (TPSA) is 121 Å². The lowest BCUT2D eigenvalue weighted by atomic mass is 10.2. The summed E-state index contributed by atoms with van der Waals surface area (Å²) in [5.74, 6) is 2.10. The molecule has 1 aliphatic rings. The first kappa shape index (κ1) is 19.9. The standard InChI is InChI=1S/C22H22N8O2/c1-14(31)26-16-3-5-17(6-4-16)27-21-19-22(25-13-24-21)29-20(28-19)15-2-7-18(23-12-15)30-8-10-32-11-9-30/h2-7,12-13H,8-11H2,1H3,(H,26,31)(H2,24,25,27,28,29). The van der Waals surface area contributed by atoms with E-state index in [0.717, 1.165) is 49.1 Å². The smallest absolute Gasteiger partial charge is 0.221 e. The van der Waals surface area contributed by atoms with Crippen LogP contribution in [-0.2, 0) is 9.53 Å². The van der Waals surface area contributed by atoms with Crippen molar-refractivity contribution in [3.05, 3.63) is 48.9 Å². The number of aromatic amines is 1. The van der Waals surface area contributed by atoms with E-state index >= 15 is 0 Å². The van der Waals surface area contributed by atoms with E-state index in [-0.39, 0.29) is 5.91 Å². The molecule has 0 unspecified atom stereocenters. The summed E-state index contributed by atoms with van der Waals surface area (Å²) in [7, 11) is 0. The van der Waals surface area contributed by atoms with Crippen molar-refractivity contribution in [3.63, 3.8) is 0 Å². The molecule has 1 aliphatic heterocycles. The Morgan fingerprint density at radius 3 is 2.53 bits per heavy atom. The van der Waals surface area contributed by atoms with Crippen molar-refractivity contribution in [1.29, 1.82) is 0 Å². The lowest BCUT2D eigenvalue weighted by molar-refractivity contribution is -0.114. The Kier molecular flexibility index (Phi) is 5.34. The fourth-order valence-corrected chi connectivity index (χ4v) is 3.54. The summed E-state index contributed by atoms with van der Waals surface area (Å²) in [5.41, 5.74) is 3.68. The van der Waals surface area contributed by atoms with Gasteiger partial charge in [-0.25, -0.2) is 19.9 Å². The molecule has 5 rings (SSSR count). The molecule has 3 aromatic heterocycles. The predicted molar refractivity (Wildman–Crippen MR) is 122 cm³/mol. The quantitative estimate of drug-likeness (QED) is 0.442. The van der Waals surface area contributed by atoms with E-state index in [9.17, 15) is 4.79 Å². The number of anilines is 4. The fraction of sp³-hybridized carbons (Fsp3) is 0.227. The third kappa shape index (κ3) is 4.21. The van der Waals surface area contributed by atoms with Crippen molar-refractivity contribution < 1.29 is 9.53 Å². The van der Waals surface area contributed by atoms with E-state index in [4.69, 9.17) is 4.74 Å². The zero-order valence-electron chi connectivity index (χ0n) is 17.5. The SMILES string of the molecule is CC(=O)Nc1ccc(Nc2ncnc3nc(-c4ccc(N5CCOCC5)nc4)[nH]c23)cc1. The molecule has 0 saturated carbocycles. The van der Waals surface area contributed by atoms with Gasteiger partial charge in [-0.3, -0.25) is 4.79 Å². The molecule has 0 radical (unpaired) electrons. The monoisotopic (exact) mass is 430 g/mol. The number of nitrogens with one attached hydrogen (secondary N) is 3. The maximum atomic E-state index is 11.2. The number of amides is 1. The molecule has 3 N–H and O–H groups in total. The van der Waals surface area contributed by atoms with Crippen molar-refractivity contribution in [3.8, 4) is 11.4 Å². The van der Waals surface area contributed by atoms with Crippen LogP contribution < -0.4 is 15.5 Å².